The van der Waals surface area contributed by atoms with Crippen molar-refractivity contribution in [1.29, 1.82) is 5.26 Å². The molecule has 6 rings (SSSR count). The molecule has 3 aliphatic heterocycles. The number of amides is 2. The van der Waals surface area contributed by atoms with Crippen molar-refractivity contribution in [3.63, 3.8) is 0 Å². The number of pyridine rings is 2. The van der Waals surface area contributed by atoms with Gasteiger partial charge in [0.1, 0.15) is 11.7 Å². The standard InChI is InChI=1S/C26H21ClN4O5/c1-25-18(32)11-26(36-25,8-10-35-19-7-5-15(27)13-30-19)21-20(25)23(33)31(24(21)34)17-6-4-14(12-28)22-16(17)3-2-9-29-22/h2-7,9,13,18,20-21,32H,8,10-11H2,1H3/t18-,20-,21+,25?,26?/m0/s1. The molecule has 9 nitrogen and oxygen atoms in total. The van der Waals surface area contributed by atoms with E-state index in [2.05, 4.69) is 16.0 Å². The minimum atomic E-state index is -1.20. The average molecular weight is 505 g/mol. The van der Waals surface area contributed by atoms with Crippen molar-refractivity contribution in [3.8, 4) is 11.9 Å². The first-order valence-corrected chi connectivity index (χ1v) is 11.9. The van der Waals surface area contributed by atoms with Crippen molar-refractivity contribution in [2.75, 3.05) is 11.5 Å². The van der Waals surface area contributed by atoms with Gasteiger partial charge in [-0.15, -0.1) is 0 Å². The quantitative estimate of drug-likeness (QED) is 0.525. The maximum absolute atomic E-state index is 13.9. The lowest BCUT2D eigenvalue weighted by Crippen LogP contribution is -2.49. The Bertz CT molecular complexity index is 1460. The maximum atomic E-state index is 13.9. The van der Waals surface area contributed by atoms with E-state index in [1.807, 2.05) is 0 Å². The van der Waals surface area contributed by atoms with Gasteiger partial charge in [0.15, 0.2) is 0 Å². The number of halogens is 1. The molecule has 3 aromatic rings. The van der Waals surface area contributed by atoms with Crippen LogP contribution in [0.15, 0.2) is 48.8 Å². The molecule has 3 fully saturated rings. The second-order valence-electron chi connectivity index (χ2n) is 9.59. The summed E-state index contributed by atoms with van der Waals surface area (Å²) < 4.78 is 12.1. The number of aliphatic hydroxyl groups excluding tert-OH is 1. The molecule has 1 aromatic carbocycles. The molecular formula is C26H21ClN4O5. The van der Waals surface area contributed by atoms with Crippen LogP contribution < -0.4 is 9.64 Å². The zero-order valence-electron chi connectivity index (χ0n) is 19.2. The Labute approximate surface area is 211 Å². The highest BCUT2D eigenvalue weighted by atomic mass is 35.5. The summed E-state index contributed by atoms with van der Waals surface area (Å²) in [5.74, 6) is -2.06. The minimum absolute atomic E-state index is 0.172. The van der Waals surface area contributed by atoms with E-state index in [4.69, 9.17) is 21.1 Å². The van der Waals surface area contributed by atoms with Gasteiger partial charge in [0.25, 0.3) is 0 Å². The van der Waals surface area contributed by atoms with Crippen LogP contribution in [0.5, 0.6) is 5.88 Å². The third kappa shape index (κ3) is 3.08. The van der Waals surface area contributed by atoms with E-state index in [0.717, 1.165) is 0 Å². The molecule has 0 radical (unpaired) electrons. The molecule has 0 spiro atoms. The molecule has 2 unspecified atom stereocenters. The molecule has 182 valence electrons. The predicted octanol–water partition coefficient (Wildman–Crippen LogP) is 3.02. The van der Waals surface area contributed by atoms with Gasteiger partial charge in [-0.3, -0.25) is 14.6 Å². The summed E-state index contributed by atoms with van der Waals surface area (Å²) in [6, 6.07) is 12.0. The first kappa shape index (κ1) is 22.9. The number of anilines is 1. The van der Waals surface area contributed by atoms with Crippen LogP contribution in [-0.2, 0) is 14.3 Å². The number of hydrogen-bond acceptors (Lipinski definition) is 8. The van der Waals surface area contributed by atoms with E-state index in [0.29, 0.717) is 33.1 Å². The van der Waals surface area contributed by atoms with Crippen molar-refractivity contribution in [3.05, 3.63) is 59.4 Å². The van der Waals surface area contributed by atoms with Crippen LogP contribution in [0.25, 0.3) is 10.9 Å². The van der Waals surface area contributed by atoms with Gasteiger partial charge in [-0.2, -0.15) is 5.26 Å². The van der Waals surface area contributed by atoms with Gasteiger partial charge in [-0.25, -0.2) is 9.88 Å². The number of imide groups is 1. The molecule has 2 amide bonds. The van der Waals surface area contributed by atoms with Crippen LogP contribution in [0.2, 0.25) is 5.02 Å². The van der Waals surface area contributed by atoms with Crippen molar-refractivity contribution in [2.45, 2.75) is 37.1 Å². The van der Waals surface area contributed by atoms with E-state index in [1.54, 1.807) is 49.5 Å². The number of aliphatic hydroxyl groups is 1. The average Bonchev–Trinajstić information content (AvgIpc) is 3.41. The third-order valence-electron chi connectivity index (χ3n) is 7.70. The van der Waals surface area contributed by atoms with Crippen LogP contribution >= 0.6 is 11.6 Å². The number of carbonyl (C=O) groups is 2. The molecule has 36 heavy (non-hydrogen) atoms. The number of benzene rings is 1. The fraction of sp³-hybridized carbons (Fsp3) is 0.346. The summed E-state index contributed by atoms with van der Waals surface area (Å²) in [4.78, 5) is 37.3. The van der Waals surface area contributed by atoms with Gasteiger partial charge in [-0.05, 0) is 37.3 Å². The smallest absolute Gasteiger partial charge is 0.240 e. The molecule has 3 saturated heterocycles. The van der Waals surface area contributed by atoms with E-state index in [1.165, 1.54) is 11.1 Å². The van der Waals surface area contributed by atoms with Crippen LogP contribution in [0.3, 0.4) is 0 Å². The third-order valence-corrected chi connectivity index (χ3v) is 7.92. The van der Waals surface area contributed by atoms with Crippen molar-refractivity contribution >= 4 is 40.0 Å². The summed E-state index contributed by atoms with van der Waals surface area (Å²) in [5.41, 5.74) is -1.13. The molecule has 5 heterocycles. The largest absolute Gasteiger partial charge is 0.478 e. The Hall–Kier alpha value is -3.58. The lowest BCUT2D eigenvalue weighted by molar-refractivity contribution is -0.134. The highest BCUT2D eigenvalue weighted by Gasteiger charge is 2.77. The van der Waals surface area contributed by atoms with Crippen LogP contribution in [0, 0.1) is 23.2 Å². The molecule has 1 N–H and O–H groups in total. The Balaban J connectivity index is 1.35. The lowest BCUT2D eigenvalue weighted by atomic mass is 9.66. The Morgan fingerprint density at radius 3 is 2.78 bits per heavy atom. The SMILES string of the molecule is CC12OC(CCOc3ccc(Cl)cn3)(C[C@@H]1O)[C@H]1C(=O)N(c3ccc(C#N)c4ncccc34)C(=O)[C@H]12. The zero-order valence-corrected chi connectivity index (χ0v) is 20.0. The molecular weight excluding hydrogens is 484 g/mol. The lowest BCUT2D eigenvalue weighted by Gasteiger charge is -2.33. The van der Waals surface area contributed by atoms with Crippen molar-refractivity contribution in [1.82, 2.24) is 9.97 Å². The first-order valence-electron chi connectivity index (χ1n) is 11.6. The number of fused-ring (bicyclic) bond motifs is 6. The van der Waals surface area contributed by atoms with Crippen molar-refractivity contribution < 1.29 is 24.2 Å². The number of carbonyl (C=O) groups excluding carboxylic acids is 2. The molecule has 2 bridgehead atoms. The van der Waals surface area contributed by atoms with E-state index < -0.39 is 35.0 Å². The molecule has 2 aromatic heterocycles. The van der Waals surface area contributed by atoms with E-state index in [-0.39, 0.29) is 25.4 Å². The molecule has 3 aliphatic rings. The van der Waals surface area contributed by atoms with E-state index in [9.17, 15) is 20.0 Å². The summed E-state index contributed by atoms with van der Waals surface area (Å²) in [6.45, 7) is 1.87. The minimum Gasteiger partial charge on any atom is -0.478 e. The highest BCUT2D eigenvalue weighted by Crippen LogP contribution is 2.62. The summed E-state index contributed by atoms with van der Waals surface area (Å²) >= 11 is 5.88. The van der Waals surface area contributed by atoms with Gasteiger partial charge < -0.3 is 14.6 Å². The maximum Gasteiger partial charge on any atom is 0.240 e. The molecule has 10 heteroatoms. The second-order valence-corrected chi connectivity index (χ2v) is 10.0. The number of rotatable bonds is 5. The predicted molar refractivity (Wildman–Crippen MR) is 128 cm³/mol. The monoisotopic (exact) mass is 504 g/mol. The summed E-state index contributed by atoms with van der Waals surface area (Å²) in [5, 5.41) is 21.4. The molecule has 5 atom stereocenters. The number of nitriles is 1. The number of hydrogen-bond donors (Lipinski definition) is 1. The van der Waals surface area contributed by atoms with Gasteiger partial charge in [0, 0.05) is 36.7 Å². The topological polar surface area (TPSA) is 126 Å². The highest BCUT2D eigenvalue weighted by molar-refractivity contribution is 6.30. The van der Waals surface area contributed by atoms with Crippen LogP contribution in [0.4, 0.5) is 5.69 Å². The number of ether oxygens (including phenoxy) is 2. The van der Waals surface area contributed by atoms with Crippen molar-refractivity contribution in [2.24, 2.45) is 11.8 Å². The van der Waals surface area contributed by atoms with Gasteiger partial charge in [-0.1, -0.05) is 11.6 Å². The fourth-order valence-electron chi connectivity index (χ4n) is 6.08. The van der Waals surface area contributed by atoms with Crippen LogP contribution in [0.1, 0.15) is 25.3 Å². The Morgan fingerprint density at radius 2 is 2.03 bits per heavy atom. The summed E-state index contributed by atoms with van der Waals surface area (Å²) in [6.07, 6.45) is 2.62. The fourth-order valence-corrected chi connectivity index (χ4v) is 6.19. The Kier molecular flexibility index (Phi) is 5.06. The normalized spacial score (nSPS) is 30.6. The molecule has 0 aliphatic carbocycles. The van der Waals surface area contributed by atoms with Gasteiger partial charge in [0.05, 0.1) is 51.9 Å². The van der Waals surface area contributed by atoms with Gasteiger partial charge >= 0.3 is 0 Å². The molecule has 0 saturated carbocycles. The van der Waals surface area contributed by atoms with Gasteiger partial charge in [0.2, 0.25) is 17.7 Å². The van der Waals surface area contributed by atoms with E-state index >= 15 is 0 Å². The Morgan fingerprint density at radius 1 is 1.22 bits per heavy atom. The number of aromatic nitrogens is 2. The first-order chi connectivity index (χ1) is 17.3. The number of nitrogens with zero attached hydrogens (tertiary/aromatic N) is 4. The van der Waals surface area contributed by atoms with Crippen LogP contribution in [-0.4, -0.2) is 50.8 Å². The second kappa shape index (κ2) is 7.96. The zero-order chi connectivity index (χ0) is 25.2. The summed E-state index contributed by atoms with van der Waals surface area (Å²) in [7, 11) is 0.